The van der Waals surface area contributed by atoms with Gasteiger partial charge in [0.25, 0.3) is 5.91 Å². The fraction of sp³-hybridized carbons (Fsp3) is 0.591. The number of amides is 2. The van der Waals surface area contributed by atoms with Gasteiger partial charge in [-0.25, -0.2) is 0 Å². The third-order valence-corrected chi connectivity index (χ3v) is 7.08. The Morgan fingerprint density at radius 2 is 1.89 bits per heavy atom. The number of fused-ring (bicyclic) bond motifs is 1. The predicted molar refractivity (Wildman–Crippen MR) is 104 cm³/mol. The molecule has 1 saturated heterocycles. The van der Waals surface area contributed by atoms with Crippen LogP contribution in [0.25, 0.3) is 0 Å². The van der Waals surface area contributed by atoms with Crippen molar-refractivity contribution in [2.75, 3.05) is 13.1 Å². The maximum Gasteiger partial charge on any atom is 0.258 e. The molecule has 6 nitrogen and oxygen atoms in total. The van der Waals surface area contributed by atoms with Crippen molar-refractivity contribution < 1.29 is 19.1 Å². The maximum absolute atomic E-state index is 12.8. The minimum absolute atomic E-state index is 0.0702. The SMILES string of the molecule is CC(=O)[C@@H]1C[C@@H](CC(=O)N2CCC3(CC2)NC(=O)c2ccccc2O3)C1(C)C. The van der Waals surface area contributed by atoms with E-state index in [9.17, 15) is 14.4 Å². The van der Waals surface area contributed by atoms with Gasteiger partial charge in [0.15, 0.2) is 5.72 Å². The summed E-state index contributed by atoms with van der Waals surface area (Å²) in [4.78, 5) is 38.8. The van der Waals surface area contributed by atoms with Gasteiger partial charge in [-0.3, -0.25) is 14.4 Å². The number of nitrogens with one attached hydrogen (secondary N) is 1. The Morgan fingerprint density at radius 3 is 2.54 bits per heavy atom. The Hall–Kier alpha value is -2.37. The minimum Gasteiger partial charge on any atom is -0.467 e. The lowest BCUT2D eigenvalue weighted by Gasteiger charge is -2.51. The molecule has 28 heavy (non-hydrogen) atoms. The van der Waals surface area contributed by atoms with Gasteiger partial charge >= 0.3 is 0 Å². The zero-order chi connectivity index (χ0) is 20.1. The van der Waals surface area contributed by atoms with Gasteiger partial charge in [0.1, 0.15) is 11.5 Å². The van der Waals surface area contributed by atoms with Crippen molar-refractivity contribution in [3.63, 3.8) is 0 Å². The molecule has 3 aliphatic rings. The molecule has 6 heteroatoms. The van der Waals surface area contributed by atoms with Gasteiger partial charge in [0, 0.05) is 38.3 Å². The van der Waals surface area contributed by atoms with Gasteiger partial charge in [0.05, 0.1) is 5.56 Å². The van der Waals surface area contributed by atoms with Crippen LogP contribution in [0.1, 0.15) is 56.8 Å². The number of rotatable bonds is 3. The molecule has 4 rings (SSSR count). The number of benzene rings is 1. The normalized spacial score (nSPS) is 27.2. The number of ether oxygens (including phenoxy) is 1. The Bertz CT molecular complexity index is 824. The minimum atomic E-state index is -0.725. The number of carbonyl (C=O) groups is 3. The summed E-state index contributed by atoms with van der Waals surface area (Å²) in [5.41, 5.74) is -0.278. The molecule has 0 aromatic heterocycles. The summed E-state index contributed by atoms with van der Waals surface area (Å²) in [5, 5.41) is 3.01. The van der Waals surface area contributed by atoms with E-state index in [-0.39, 0.29) is 34.8 Å². The summed E-state index contributed by atoms with van der Waals surface area (Å²) in [6, 6.07) is 7.25. The van der Waals surface area contributed by atoms with Crippen molar-refractivity contribution in [2.24, 2.45) is 17.3 Å². The van der Waals surface area contributed by atoms with Crippen molar-refractivity contribution >= 4 is 17.6 Å². The number of hydrogen-bond donors (Lipinski definition) is 1. The van der Waals surface area contributed by atoms with Crippen LogP contribution in [-0.4, -0.2) is 41.3 Å². The Kier molecular flexibility index (Phi) is 4.47. The van der Waals surface area contributed by atoms with E-state index in [4.69, 9.17) is 4.74 Å². The second kappa shape index (κ2) is 6.61. The molecule has 2 fully saturated rings. The second-order valence-corrected chi connectivity index (χ2v) is 9.05. The molecule has 2 heterocycles. The molecule has 2 aliphatic heterocycles. The Balaban J connectivity index is 1.36. The summed E-state index contributed by atoms with van der Waals surface area (Å²) in [6.45, 7) is 6.95. The number of carbonyl (C=O) groups excluding carboxylic acids is 3. The molecule has 1 aromatic carbocycles. The second-order valence-electron chi connectivity index (χ2n) is 9.05. The molecular formula is C22H28N2O4. The highest BCUT2D eigenvalue weighted by atomic mass is 16.5. The Morgan fingerprint density at radius 1 is 1.21 bits per heavy atom. The van der Waals surface area contributed by atoms with E-state index in [2.05, 4.69) is 19.2 Å². The number of nitrogens with zero attached hydrogens (tertiary/aromatic N) is 1. The maximum atomic E-state index is 12.8. The number of piperidine rings is 1. The zero-order valence-electron chi connectivity index (χ0n) is 16.8. The van der Waals surface area contributed by atoms with Gasteiger partial charge in [-0.15, -0.1) is 0 Å². The number of likely N-dealkylation sites (tertiary alicyclic amines) is 1. The lowest BCUT2D eigenvalue weighted by molar-refractivity contribution is -0.147. The third-order valence-electron chi connectivity index (χ3n) is 7.08. The van der Waals surface area contributed by atoms with Gasteiger partial charge in [-0.1, -0.05) is 26.0 Å². The molecule has 1 saturated carbocycles. The monoisotopic (exact) mass is 384 g/mol. The summed E-state index contributed by atoms with van der Waals surface area (Å²) in [7, 11) is 0. The molecular weight excluding hydrogens is 356 g/mol. The highest BCUT2D eigenvalue weighted by Crippen LogP contribution is 2.53. The van der Waals surface area contributed by atoms with Crippen LogP contribution in [0.15, 0.2) is 24.3 Å². The first kappa shape index (κ1) is 19.0. The Labute approximate surface area is 165 Å². The van der Waals surface area contributed by atoms with E-state index in [0.29, 0.717) is 43.7 Å². The van der Waals surface area contributed by atoms with E-state index in [1.807, 2.05) is 23.1 Å². The summed E-state index contributed by atoms with van der Waals surface area (Å²) >= 11 is 0. The predicted octanol–water partition coefficient (Wildman–Crippen LogP) is 2.77. The lowest BCUT2D eigenvalue weighted by atomic mass is 9.52. The average molecular weight is 384 g/mol. The van der Waals surface area contributed by atoms with Crippen LogP contribution in [0, 0.1) is 17.3 Å². The van der Waals surface area contributed by atoms with Gasteiger partial charge in [-0.2, -0.15) is 0 Å². The van der Waals surface area contributed by atoms with Gasteiger partial charge in [0.2, 0.25) is 5.91 Å². The van der Waals surface area contributed by atoms with Crippen LogP contribution in [0.5, 0.6) is 5.75 Å². The number of Topliss-reactive ketones (excluding diaryl/α,β-unsaturated/α-hetero) is 1. The largest absolute Gasteiger partial charge is 0.467 e. The number of para-hydroxylation sites is 1. The number of ketones is 1. The molecule has 150 valence electrons. The standard InChI is InChI=1S/C22H28N2O4/c1-14(25)17-12-15(21(17,2)3)13-19(26)24-10-8-22(9-11-24)23-20(27)16-6-4-5-7-18(16)28-22/h4-7,15,17H,8-13H2,1-3H3,(H,23,27)/t15-,17-/m0/s1. The molecule has 1 aliphatic carbocycles. The van der Waals surface area contributed by atoms with Gasteiger partial charge in [-0.05, 0) is 36.8 Å². The quantitative estimate of drug-likeness (QED) is 0.869. The third kappa shape index (κ3) is 3.09. The van der Waals surface area contributed by atoms with Crippen molar-refractivity contribution in [1.29, 1.82) is 0 Å². The molecule has 1 spiro atoms. The smallest absolute Gasteiger partial charge is 0.258 e. The van der Waals surface area contributed by atoms with Crippen LogP contribution >= 0.6 is 0 Å². The fourth-order valence-electron chi connectivity index (χ4n) is 4.99. The average Bonchev–Trinajstić information content (AvgIpc) is 2.65. The van der Waals surface area contributed by atoms with Crippen molar-refractivity contribution in [1.82, 2.24) is 10.2 Å². The molecule has 1 N–H and O–H groups in total. The van der Waals surface area contributed by atoms with Gasteiger partial charge < -0.3 is 15.0 Å². The number of hydrogen-bond acceptors (Lipinski definition) is 4. The highest BCUT2D eigenvalue weighted by molar-refractivity contribution is 5.98. The molecule has 0 unspecified atom stereocenters. The lowest BCUT2D eigenvalue weighted by Crippen LogP contribution is -2.61. The summed E-state index contributed by atoms with van der Waals surface area (Å²) in [6.07, 6.45) is 2.44. The topological polar surface area (TPSA) is 75.7 Å². The zero-order valence-corrected chi connectivity index (χ0v) is 16.8. The fourth-order valence-corrected chi connectivity index (χ4v) is 4.99. The molecule has 2 atom stereocenters. The first-order chi connectivity index (χ1) is 13.2. The van der Waals surface area contributed by atoms with E-state index in [1.165, 1.54) is 0 Å². The molecule has 0 bridgehead atoms. The van der Waals surface area contributed by atoms with Crippen LogP contribution < -0.4 is 10.1 Å². The van der Waals surface area contributed by atoms with Crippen LogP contribution in [0.2, 0.25) is 0 Å². The van der Waals surface area contributed by atoms with E-state index >= 15 is 0 Å². The first-order valence-corrected chi connectivity index (χ1v) is 10.1. The summed E-state index contributed by atoms with van der Waals surface area (Å²) in [5.74, 6) is 1.17. The molecule has 2 amide bonds. The first-order valence-electron chi connectivity index (χ1n) is 10.1. The van der Waals surface area contributed by atoms with Crippen LogP contribution in [0.3, 0.4) is 0 Å². The molecule has 0 radical (unpaired) electrons. The highest BCUT2D eigenvalue weighted by Gasteiger charge is 2.51. The van der Waals surface area contributed by atoms with Crippen molar-refractivity contribution in [2.45, 2.75) is 52.2 Å². The van der Waals surface area contributed by atoms with Crippen molar-refractivity contribution in [3.05, 3.63) is 29.8 Å². The molecule has 1 aromatic rings. The van der Waals surface area contributed by atoms with Crippen LogP contribution in [0.4, 0.5) is 0 Å². The van der Waals surface area contributed by atoms with E-state index in [0.717, 1.165) is 6.42 Å². The van der Waals surface area contributed by atoms with Crippen molar-refractivity contribution in [3.8, 4) is 5.75 Å². The van der Waals surface area contributed by atoms with E-state index in [1.54, 1.807) is 13.0 Å². The van der Waals surface area contributed by atoms with E-state index < -0.39 is 5.72 Å². The van der Waals surface area contributed by atoms with Crippen LogP contribution in [-0.2, 0) is 9.59 Å². The summed E-state index contributed by atoms with van der Waals surface area (Å²) < 4.78 is 6.14.